The number of rotatable bonds is 7. The van der Waals surface area contributed by atoms with Crippen LogP contribution in [0.3, 0.4) is 0 Å². The van der Waals surface area contributed by atoms with Crippen LogP contribution in [0.5, 0.6) is 0 Å². The summed E-state index contributed by atoms with van der Waals surface area (Å²) in [5.74, 6) is 0.882. The minimum absolute atomic E-state index is 0.00605. The van der Waals surface area contributed by atoms with Crippen LogP contribution < -0.4 is 30.4 Å². The molecule has 2 aromatic heterocycles. The Bertz CT molecular complexity index is 3420. The summed E-state index contributed by atoms with van der Waals surface area (Å²) in [5.41, 5.74) is 19.3. The Morgan fingerprint density at radius 3 is 1.59 bits per heavy atom. The molecule has 4 heterocycles. The third-order valence-electron chi connectivity index (χ3n) is 13.8. The fourth-order valence-electron chi connectivity index (χ4n) is 10.6. The van der Waals surface area contributed by atoms with Gasteiger partial charge in [-0.15, -0.1) is 0 Å². The fourth-order valence-corrected chi connectivity index (χ4v) is 12.0. The summed E-state index contributed by atoms with van der Waals surface area (Å²) < 4.78 is 8.83. The van der Waals surface area contributed by atoms with Gasteiger partial charge in [0.2, 0.25) is 0 Å². The largest absolute Gasteiger partial charge is 0.456 e. The Morgan fingerprint density at radius 2 is 1.01 bits per heavy atom. The smallest absolute Gasteiger partial charge is 0.269 e. The van der Waals surface area contributed by atoms with Crippen LogP contribution in [0.15, 0.2) is 210 Å². The highest BCUT2D eigenvalue weighted by atomic mass is 32.1. The van der Waals surface area contributed by atoms with Crippen molar-refractivity contribution in [2.75, 3.05) is 14.7 Å². The minimum Gasteiger partial charge on any atom is -0.456 e. The van der Waals surface area contributed by atoms with E-state index >= 15 is 0 Å². The number of benzene rings is 8. The van der Waals surface area contributed by atoms with Crippen molar-refractivity contribution in [2.24, 2.45) is 0 Å². The Hall–Kier alpha value is -7.54. The van der Waals surface area contributed by atoms with Crippen molar-refractivity contribution in [1.29, 1.82) is 0 Å². The maximum atomic E-state index is 7.51. The summed E-state index contributed by atoms with van der Waals surface area (Å²) in [4.78, 5) is 7.50. The van der Waals surface area contributed by atoms with E-state index in [-0.39, 0.29) is 17.5 Å². The molecule has 2 aliphatic rings. The SMILES string of the molecule is CC(C)(C)c1ccc(N2c3cc(N(c4ccccc4)c4ccccc4)cc4c3B(c3scc(C(C)(C)C)c32)c2c(ccc3c(-c5ccccc5)c(-c5ccccc5)oc23)N4c2ccccc2)cc1. The monoisotopic (exact) mass is 897 g/mol. The standard InChI is InChI=1S/C62H52BN3OS/c1-61(2,3)43-32-34-47(35-33-43)66-53-39-48(64(44-26-16-9-17-27-44)45-28-18-10-19-29-45)38-52-55(53)63(60-57(66)50(40-68-60)62(4,5)6)56-51(65(52)46-30-20-11-21-31-46)37-36-49-54(41-22-12-7-13-23-41)58(67-59(49)56)42-24-14-8-15-25-42/h7-40H,1-6H3. The topological polar surface area (TPSA) is 22.9 Å². The van der Waals surface area contributed by atoms with Crippen molar-refractivity contribution in [3.05, 3.63) is 217 Å². The highest BCUT2D eigenvalue weighted by molar-refractivity contribution is 7.28. The molecule has 0 radical (unpaired) electrons. The molecule has 0 spiro atoms. The second kappa shape index (κ2) is 16.1. The van der Waals surface area contributed by atoms with Crippen LogP contribution in [-0.4, -0.2) is 6.71 Å². The molecular weight excluding hydrogens is 846 g/mol. The van der Waals surface area contributed by atoms with Crippen LogP contribution in [-0.2, 0) is 10.8 Å². The van der Waals surface area contributed by atoms with Gasteiger partial charge in [0.1, 0.15) is 11.3 Å². The average molecular weight is 898 g/mol. The van der Waals surface area contributed by atoms with E-state index in [2.05, 4.69) is 262 Å². The Labute approximate surface area is 404 Å². The third kappa shape index (κ3) is 6.80. The molecule has 0 bridgehead atoms. The molecule has 0 unspecified atom stereocenters. The molecular formula is C62H52BN3OS. The predicted molar refractivity (Wildman–Crippen MR) is 291 cm³/mol. The molecule has 8 aromatic carbocycles. The summed E-state index contributed by atoms with van der Waals surface area (Å²) >= 11 is 1.89. The number of hydrogen-bond acceptors (Lipinski definition) is 5. The molecule has 0 aliphatic carbocycles. The second-order valence-electron chi connectivity index (χ2n) is 20.2. The van der Waals surface area contributed by atoms with E-state index in [0.29, 0.717) is 0 Å². The van der Waals surface area contributed by atoms with Gasteiger partial charge >= 0.3 is 0 Å². The van der Waals surface area contributed by atoms with E-state index in [1.165, 1.54) is 32.5 Å². The minimum atomic E-state index is -0.156. The number of nitrogens with zero attached hydrogens (tertiary/aromatic N) is 3. The van der Waals surface area contributed by atoms with E-state index in [9.17, 15) is 0 Å². The van der Waals surface area contributed by atoms with Gasteiger partial charge in [-0.3, -0.25) is 0 Å². The lowest BCUT2D eigenvalue weighted by Gasteiger charge is -2.44. The Balaban J connectivity index is 1.24. The predicted octanol–water partition coefficient (Wildman–Crippen LogP) is 16.0. The van der Waals surface area contributed by atoms with Crippen molar-refractivity contribution < 1.29 is 4.42 Å². The van der Waals surface area contributed by atoms with Gasteiger partial charge in [0.05, 0.1) is 11.4 Å². The second-order valence-corrected chi connectivity index (χ2v) is 21.1. The van der Waals surface area contributed by atoms with Gasteiger partial charge in [0, 0.05) is 61.1 Å². The van der Waals surface area contributed by atoms with Gasteiger partial charge in [-0.25, -0.2) is 0 Å². The van der Waals surface area contributed by atoms with Crippen LogP contribution in [0.1, 0.15) is 52.7 Å². The molecule has 2 aliphatic heterocycles. The summed E-state index contributed by atoms with van der Waals surface area (Å²) in [6, 6.07) is 72.8. The van der Waals surface area contributed by atoms with Crippen LogP contribution in [0.25, 0.3) is 33.4 Å². The first-order valence-corrected chi connectivity index (χ1v) is 24.6. The number of furan rings is 1. The first-order valence-electron chi connectivity index (χ1n) is 23.7. The van der Waals surface area contributed by atoms with Crippen LogP contribution in [0.2, 0.25) is 0 Å². The van der Waals surface area contributed by atoms with Gasteiger partial charge in [0.15, 0.2) is 0 Å². The molecule has 12 rings (SSSR count). The zero-order valence-corrected chi connectivity index (χ0v) is 40.2. The van der Waals surface area contributed by atoms with Crippen LogP contribution >= 0.6 is 11.3 Å². The van der Waals surface area contributed by atoms with Gasteiger partial charge in [-0.2, -0.15) is 11.3 Å². The van der Waals surface area contributed by atoms with E-state index < -0.39 is 0 Å². The number of para-hydroxylation sites is 3. The highest BCUT2D eigenvalue weighted by Crippen LogP contribution is 2.52. The molecule has 330 valence electrons. The number of hydrogen-bond donors (Lipinski definition) is 0. The molecule has 0 atom stereocenters. The molecule has 10 aromatic rings. The fraction of sp³-hybridized carbons (Fsp3) is 0.129. The van der Waals surface area contributed by atoms with Crippen molar-refractivity contribution in [3.63, 3.8) is 0 Å². The molecule has 4 nitrogen and oxygen atoms in total. The van der Waals surface area contributed by atoms with Crippen LogP contribution in [0, 0.1) is 0 Å². The zero-order chi connectivity index (χ0) is 46.3. The Morgan fingerprint density at radius 1 is 0.485 bits per heavy atom. The number of thiophene rings is 1. The first-order chi connectivity index (χ1) is 33.0. The van der Waals surface area contributed by atoms with E-state index in [0.717, 1.165) is 78.9 Å². The summed E-state index contributed by atoms with van der Waals surface area (Å²) in [5, 5.41) is 3.54. The van der Waals surface area contributed by atoms with Gasteiger partial charge in [0.25, 0.3) is 6.71 Å². The van der Waals surface area contributed by atoms with Crippen molar-refractivity contribution in [1.82, 2.24) is 0 Å². The summed E-state index contributed by atoms with van der Waals surface area (Å²) in [6.07, 6.45) is 0. The lowest BCUT2D eigenvalue weighted by Crippen LogP contribution is -2.60. The molecule has 0 fully saturated rings. The highest BCUT2D eigenvalue weighted by Gasteiger charge is 2.48. The van der Waals surface area contributed by atoms with E-state index in [4.69, 9.17) is 4.42 Å². The number of fused-ring (bicyclic) bond motifs is 6. The Kier molecular flexibility index (Phi) is 9.89. The van der Waals surface area contributed by atoms with Gasteiger partial charge in [-0.1, -0.05) is 169 Å². The van der Waals surface area contributed by atoms with Crippen molar-refractivity contribution in [3.8, 4) is 22.5 Å². The van der Waals surface area contributed by atoms with Crippen LogP contribution in [0.4, 0.5) is 51.2 Å². The summed E-state index contributed by atoms with van der Waals surface area (Å²) in [7, 11) is 0. The molecule has 0 saturated carbocycles. The maximum Gasteiger partial charge on any atom is 0.269 e. The quantitative estimate of drug-likeness (QED) is 0.149. The summed E-state index contributed by atoms with van der Waals surface area (Å²) in [6.45, 7) is 13.8. The lowest BCUT2D eigenvalue weighted by atomic mass is 9.35. The van der Waals surface area contributed by atoms with E-state index in [1.807, 2.05) is 11.3 Å². The molecule has 68 heavy (non-hydrogen) atoms. The van der Waals surface area contributed by atoms with Gasteiger partial charge in [-0.05, 0) is 117 Å². The average Bonchev–Trinajstić information content (AvgIpc) is 3.99. The molecule has 0 N–H and O–H groups in total. The van der Waals surface area contributed by atoms with E-state index in [1.54, 1.807) is 0 Å². The zero-order valence-electron chi connectivity index (χ0n) is 39.4. The normalized spacial score (nSPS) is 13.1. The molecule has 0 amide bonds. The first kappa shape index (κ1) is 41.9. The number of anilines is 9. The van der Waals surface area contributed by atoms with Crippen molar-refractivity contribution in [2.45, 2.75) is 52.4 Å². The maximum absolute atomic E-state index is 7.51. The molecule has 0 saturated heterocycles. The van der Waals surface area contributed by atoms with Crippen molar-refractivity contribution >= 4 is 95.9 Å². The van der Waals surface area contributed by atoms with Gasteiger partial charge < -0.3 is 19.1 Å². The lowest BCUT2D eigenvalue weighted by molar-refractivity contribution is 0.590. The third-order valence-corrected chi connectivity index (χ3v) is 14.8. The molecule has 6 heteroatoms.